The van der Waals surface area contributed by atoms with Crippen LogP contribution in [0.2, 0.25) is 0 Å². The Labute approximate surface area is 101 Å². The maximum atomic E-state index is 12.0. The molecule has 1 aliphatic rings. The molecule has 0 spiro atoms. The number of aliphatic hydroxyl groups is 1. The van der Waals surface area contributed by atoms with Crippen molar-refractivity contribution >= 4 is 11.9 Å². The molecule has 2 heterocycles. The van der Waals surface area contributed by atoms with Gasteiger partial charge in [0.1, 0.15) is 12.3 Å². The summed E-state index contributed by atoms with van der Waals surface area (Å²) in [6, 6.07) is 1.28. The van der Waals surface area contributed by atoms with E-state index in [1.165, 1.54) is 6.07 Å². The van der Waals surface area contributed by atoms with Crippen LogP contribution in [-0.2, 0) is 4.79 Å². The van der Waals surface area contributed by atoms with Gasteiger partial charge in [0.25, 0.3) is 5.91 Å². The van der Waals surface area contributed by atoms with Crippen LogP contribution < -0.4 is 5.63 Å². The molecule has 7 heteroatoms. The van der Waals surface area contributed by atoms with Crippen LogP contribution in [0.15, 0.2) is 27.6 Å². The lowest BCUT2D eigenvalue weighted by Gasteiger charge is -2.20. The SMILES string of the molecule is O=C(O)[C@@H]1CC(O)CN1C(=O)c1ccc(=O)oc1. The Morgan fingerprint density at radius 1 is 1.39 bits per heavy atom. The van der Waals surface area contributed by atoms with Gasteiger partial charge < -0.3 is 19.5 Å². The van der Waals surface area contributed by atoms with Gasteiger partial charge in [-0.1, -0.05) is 0 Å². The van der Waals surface area contributed by atoms with Crippen molar-refractivity contribution < 1.29 is 24.2 Å². The third-order valence-electron chi connectivity index (χ3n) is 2.77. The molecule has 0 aromatic carbocycles. The zero-order valence-electron chi connectivity index (χ0n) is 9.28. The molecule has 0 radical (unpaired) electrons. The van der Waals surface area contributed by atoms with Gasteiger partial charge in [0.15, 0.2) is 0 Å². The van der Waals surface area contributed by atoms with Crippen molar-refractivity contribution in [1.29, 1.82) is 0 Å². The fraction of sp³-hybridized carbons (Fsp3) is 0.364. The number of amides is 1. The molecule has 7 nitrogen and oxygen atoms in total. The Kier molecular flexibility index (Phi) is 3.15. The van der Waals surface area contributed by atoms with Gasteiger partial charge in [-0.15, -0.1) is 0 Å². The van der Waals surface area contributed by atoms with Crippen LogP contribution in [0, 0.1) is 0 Å². The lowest BCUT2D eigenvalue weighted by molar-refractivity contribution is -0.141. The van der Waals surface area contributed by atoms with Gasteiger partial charge in [-0.05, 0) is 6.07 Å². The summed E-state index contributed by atoms with van der Waals surface area (Å²) in [5.74, 6) is -1.75. The summed E-state index contributed by atoms with van der Waals surface area (Å²) >= 11 is 0. The third-order valence-corrected chi connectivity index (χ3v) is 2.77. The van der Waals surface area contributed by atoms with Crippen LogP contribution in [-0.4, -0.2) is 45.7 Å². The summed E-state index contributed by atoms with van der Waals surface area (Å²) in [5.41, 5.74) is -0.516. The van der Waals surface area contributed by atoms with Gasteiger partial charge in [-0.3, -0.25) is 4.79 Å². The number of hydrogen-bond acceptors (Lipinski definition) is 5. The topological polar surface area (TPSA) is 108 Å². The van der Waals surface area contributed by atoms with Gasteiger partial charge in [0, 0.05) is 19.0 Å². The second-order valence-corrected chi connectivity index (χ2v) is 4.04. The summed E-state index contributed by atoms with van der Waals surface area (Å²) in [4.78, 5) is 34.8. The second-order valence-electron chi connectivity index (χ2n) is 4.04. The van der Waals surface area contributed by atoms with Crippen molar-refractivity contribution in [3.63, 3.8) is 0 Å². The standard InChI is InChI=1S/C11H11NO6/c13-7-3-8(11(16)17)12(4-7)10(15)6-1-2-9(14)18-5-6/h1-2,5,7-8,13H,3-4H2,(H,16,17)/t7?,8-/m0/s1. The Bertz CT molecular complexity index is 516. The minimum absolute atomic E-state index is 0.00213. The molecule has 1 aromatic rings. The van der Waals surface area contributed by atoms with Crippen LogP contribution in [0.5, 0.6) is 0 Å². The summed E-state index contributed by atoms with van der Waals surface area (Å²) in [7, 11) is 0. The van der Waals surface area contributed by atoms with Gasteiger partial charge in [0.2, 0.25) is 0 Å². The molecule has 1 aromatic heterocycles. The Balaban J connectivity index is 2.25. The molecular formula is C11H11NO6. The number of carbonyl (C=O) groups excluding carboxylic acids is 1. The summed E-state index contributed by atoms with van der Waals surface area (Å²) in [5, 5.41) is 18.4. The first-order valence-electron chi connectivity index (χ1n) is 5.29. The van der Waals surface area contributed by atoms with E-state index in [1.807, 2.05) is 0 Å². The lowest BCUT2D eigenvalue weighted by Crippen LogP contribution is -2.40. The van der Waals surface area contributed by atoms with Crippen molar-refractivity contribution in [3.8, 4) is 0 Å². The van der Waals surface area contributed by atoms with Crippen molar-refractivity contribution in [3.05, 3.63) is 34.4 Å². The number of likely N-dealkylation sites (tertiary alicyclic amines) is 1. The lowest BCUT2D eigenvalue weighted by atomic mass is 10.2. The molecule has 1 aliphatic heterocycles. The Morgan fingerprint density at radius 3 is 2.67 bits per heavy atom. The van der Waals surface area contributed by atoms with E-state index in [4.69, 9.17) is 5.11 Å². The molecule has 1 unspecified atom stereocenters. The smallest absolute Gasteiger partial charge is 0.335 e. The van der Waals surface area contributed by atoms with Gasteiger partial charge in [-0.25, -0.2) is 9.59 Å². The van der Waals surface area contributed by atoms with Crippen LogP contribution in [0.3, 0.4) is 0 Å². The third kappa shape index (κ3) is 2.25. The molecular weight excluding hydrogens is 242 g/mol. The van der Waals surface area contributed by atoms with E-state index in [2.05, 4.69) is 4.42 Å². The highest BCUT2D eigenvalue weighted by atomic mass is 16.4. The summed E-state index contributed by atoms with van der Waals surface area (Å²) in [6.07, 6.45) is 0.123. The maximum Gasteiger partial charge on any atom is 0.335 e. The van der Waals surface area contributed by atoms with E-state index in [1.54, 1.807) is 0 Å². The van der Waals surface area contributed by atoms with Crippen molar-refractivity contribution in [1.82, 2.24) is 4.90 Å². The minimum Gasteiger partial charge on any atom is -0.480 e. The molecule has 96 valence electrons. The molecule has 2 atom stereocenters. The molecule has 0 bridgehead atoms. The largest absolute Gasteiger partial charge is 0.480 e. The maximum absolute atomic E-state index is 12.0. The number of rotatable bonds is 2. The normalized spacial score (nSPS) is 23.1. The van der Waals surface area contributed by atoms with Crippen LogP contribution >= 0.6 is 0 Å². The molecule has 0 aliphatic carbocycles. The van der Waals surface area contributed by atoms with E-state index >= 15 is 0 Å². The monoisotopic (exact) mass is 253 g/mol. The number of carboxylic acid groups (broad SMARTS) is 1. The predicted molar refractivity (Wildman–Crippen MR) is 58.1 cm³/mol. The highest BCUT2D eigenvalue weighted by Crippen LogP contribution is 2.20. The van der Waals surface area contributed by atoms with Gasteiger partial charge in [-0.2, -0.15) is 0 Å². The van der Waals surface area contributed by atoms with Crippen molar-refractivity contribution in [2.45, 2.75) is 18.6 Å². The summed E-state index contributed by atoms with van der Waals surface area (Å²) < 4.78 is 4.55. The molecule has 18 heavy (non-hydrogen) atoms. The van der Waals surface area contributed by atoms with E-state index in [0.29, 0.717) is 0 Å². The second kappa shape index (κ2) is 4.61. The summed E-state index contributed by atoms with van der Waals surface area (Å²) in [6.45, 7) is -0.0467. The van der Waals surface area contributed by atoms with Crippen LogP contribution in [0.1, 0.15) is 16.8 Å². The number of nitrogens with zero attached hydrogens (tertiary/aromatic N) is 1. The fourth-order valence-corrected chi connectivity index (χ4v) is 1.92. The van der Waals surface area contributed by atoms with E-state index in [-0.39, 0.29) is 18.5 Å². The number of aliphatic hydroxyl groups excluding tert-OH is 1. The first kappa shape index (κ1) is 12.3. The Morgan fingerprint density at radius 2 is 2.11 bits per heavy atom. The quantitative estimate of drug-likeness (QED) is 0.721. The average molecular weight is 253 g/mol. The highest BCUT2D eigenvalue weighted by Gasteiger charge is 2.39. The first-order chi connectivity index (χ1) is 8.49. The molecule has 1 fully saturated rings. The van der Waals surface area contributed by atoms with Crippen LogP contribution in [0.4, 0.5) is 0 Å². The molecule has 0 saturated carbocycles. The zero-order valence-corrected chi connectivity index (χ0v) is 9.28. The first-order valence-corrected chi connectivity index (χ1v) is 5.29. The Hall–Kier alpha value is -2.15. The zero-order chi connectivity index (χ0) is 13.3. The number of carbonyl (C=O) groups is 2. The van der Waals surface area contributed by atoms with Crippen LogP contribution in [0.25, 0.3) is 0 Å². The predicted octanol–water partition coefficient (Wildman–Crippen LogP) is -0.700. The molecule has 2 N–H and O–H groups in total. The van der Waals surface area contributed by atoms with Gasteiger partial charge in [0.05, 0.1) is 11.7 Å². The molecule has 1 saturated heterocycles. The van der Waals surface area contributed by atoms with E-state index < -0.39 is 29.6 Å². The molecule has 1 amide bonds. The minimum atomic E-state index is -1.17. The fourth-order valence-electron chi connectivity index (χ4n) is 1.92. The van der Waals surface area contributed by atoms with E-state index in [9.17, 15) is 19.5 Å². The number of aliphatic carboxylic acids is 1. The van der Waals surface area contributed by atoms with Crippen molar-refractivity contribution in [2.75, 3.05) is 6.54 Å². The number of hydrogen-bond donors (Lipinski definition) is 2. The van der Waals surface area contributed by atoms with E-state index in [0.717, 1.165) is 17.2 Å². The average Bonchev–Trinajstić information content (AvgIpc) is 2.71. The van der Waals surface area contributed by atoms with Crippen molar-refractivity contribution in [2.24, 2.45) is 0 Å². The highest BCUT2D eigenvalue weighted by molar-refractivity contribution is 5.96. The number of carboxylic acids is 1. The molecule has 2 rings (SSSR count). The van der Waals surface area contributed by atoms with Gasteiger partial charge >= 0.3 is 11.6 Å². The number of β-amino-alcohol motifs (C(OH)–C–C–N with tert-alkyl or cyclic N) is 1.